The summed E-state index contributed by atoms with van der Waals surface area (Å²) < 4.78 is 5.35. The van der Waals surface area contributed by atoms with Crippen molar-refractivity contribution in [3.63, 3.8) is 0 Å². The number of nitrogens with one attached hydrogen (secondary N) is 2. The maximum atomic E-state index is 13.7. The van der Waals surface area contributed by atoms with Gasteiger partial charge in [-0.15, -0.1) is 0 Å². The Morgan fingerprint density at radius 1 is 0.857 bits per heavy atom. The van der Waals surface area contributed by atoms with E-state index in [1.54, 1.807) is 7.11 Å². The molecule has 0 saturated carbocycles. The quantitative estimate of drug-likeness (QED) is 0.432. The third-order valence-electron chi connectivity index (χ3n) is 7.25. The van der Waals surface area contributed by atoms with Crippen LogP contribution >= 0.6 is 0 Å². The van der Waals surface area contributed by atoms with E-state index in [0.29, 0.717) is 6.42 Å². The van der Waals surface area contributed by atoms with E-state index in [1.165, 1.54) is 11.3 Å². The van der Waals surface area contributed by atoms with Crippen LogP contribution in [-0.2, 0) is 4.79 Å². The lowest BCUT2D eigenvalue weighted by Gasteiger charge is -2.30. The van der Waals surface area contributed by atoms with Crippen molar-refractivity contribution in [2.24, 2.45) is 0 Å². The number of para-hydroxylation sites is 2. The fourth-order valence-electron chi connectivity index (χ4n) is 5.32. The monoisotopic (exact) mass is 467 g/mol. The molecular formula is C30H33N3O2. The number of hydrogen-bond acceptors (Lipinski definition) is 5. The van der Waals surface area contributed by atoms with Crippen LogP contribution in [0.25, 0.3) is 0 Å². The number of Topliss-reactive ketones (excluding diaryl/α,β-unsaturated/α-hetero) is 1. The van der Waals surface area contributed by atoms with Crippen molar-refractivity contribution in [2.45, 2.75) is 38.6 Å². The largest absolute Gasteiger partial charge is 0.497 e. The van der Waals surface area contributed by atoms with Crippen molar-refractivity contribution in [2.75, 3.05) is 35.7 Å². The van der Waals surface area contributed by atoms with Gasteiger partial charge in [-0.25, -0.2) is 0 Å². The van der Waals surface area contributed by atoms with E-state index in [1.807, 2.05) is 36.4 Å². The van der Waals surface area contributed by atoms with Gasteiger partial charge in [-0.3, -0.25) is 4.79 Å². The second kappa shape index (κ2) is 9.87. The first kappa shape index (κ1) is 23.0. The van der Waals surface area contributed by atoms with Gasteiger partial charge in [0.25, 0.3) is 0 Å². The topological polar surface area (TPSA) is 53.6 Å². The lowest BCUT2D eigenvalue weighted by molar-refractivity contribution is -0.116. The summed E-state index contributed by atoms with van der Waals surface area (Å²) in [6.07, 6.45) is 1.31. The van der Waals surface area contributed by atoms with Crippen LogP contribution < -0.4 is 20.3 Å². The number of carbonyl (C=O) groups excluding carboxylic acids is 1. The van der Waals surface area contributed by atoms with Crippen LogP contribution in [-0.4, -0.2) is 26.0 Å². The Morgan fingerprint density at radius 2 is 1.51 bits per heavy atom. The van der Waals surface area contributed by atoms with Crippen LogP contribution in [0.1, 0.15) is 49.8 Å². The van der Waals surface area contributed by atoms with Crippen LogP contribution in [0.3, 0.4) is 0 Å². The SMILES string of the molecule is CCN(CC)c1ccc(C2CC(=O)C3=C(C2)Nc2ccccc2NC3c2ccc(OC)cc2)cc1. The molecular weight excluding hydrogens is 434 g/mol. The zero-order valence-electron chi connectivity index (χ0n) is 20.7. The summed E-state index contributed by atoms with van der Waals surface area (Å²) in [4.78, 5) is 16.1. The highest BCUT2D eigenvalue weighted by molar-refractivity contribution is 6.01. The maximum Gasteiger partial charge on any atom is 0.163 e. The number of allylic oxidation sites excluding steroid dienone is 1. The number of anilines is 3. The van der Waals surface area contributed by atoms with Crippen LogP contribution in [0.4, 0.5) is 17.1 Å². The molecule has 0 saturated heterocycles. The van der Waals surface area contributed by atoms with Gasteiger partial charge in [-0.2, -0.15) is 0 Å². The Bertz CT molecular complexity index is 1230. The fourth-order valence-corrected chi connectivity index (χ4v) is 5.32. The summed E-state index contributed by atoms with van der Waals surface area (Å²) >= 11 is 0. The number of benzene rings is 3. The molecule has 0 aromatic heterocycles. The molecule has 1 aliphatic carbocycles. The predicted molar refractivity (Wildman–Crippen MR) is 143 cm³/mol. The molecule has 0 bridgehead atoms. The number of nitrogens with zero attached hydrogens (tertiary/aromatic N) is 1. The fraction of sp³-hybridized carbons (Fsp3) is 0.300. The molecule has 2 atom stereocenters. The number of ketones is 1. The predicted octanol–water partition coefficient (Wildman–Crippen LogP) is 6.52. The van der Waals surface area contributed by atoms with Gasteiger partial charge >= 0.3 is 0 Å². The van der Waals surface area contributed by atoms with Crippen molar-refractivity contribution >= 4 is 22.8 Å². The Hall–Kier alpha value is -3.73. The molecule has 3 aromatic carbocycles. The molecule has 0 radical (unpaired) electrons. The zero-order chi connectivity index (χ0) is 24.4. The van der Waals surface area contributed by atoms with Crippen LogP contribution in [0.5, 0.6) is 5.75 Å². The van der Waals surface area contributed by atoms with Crippen molar-refractivity contribution < 1.29 is 9.53 Å². The van der Waals surface area contributed by atoms with Crippen molar-refractivity contribution in [3.05, 3.63) is 95.2 Å². The highest BCUT2D eigenvalue weighted by Gasteiger charge is 2.36. The highest BCUT2D eigenvalue weighted by atomic mass is 16.5. The average Bonchev–Trinajstić information content (AvgIpc) is 3.07. The summed E-state index contributed by atoms with van der Waals surface area (Å²) in [6, 6.07) is 24.7. The third-order valence-corrected chi connectivity index (χ3v) is 7.25. The van der Waals surface area contributed by atoms with Gasteiger partial charge in [-0.05, 0) is 73.7 Å². The average molecular weight is 468 g/mol. The van der Waals surface area contributed by atoms with Crippen molar-refractivity contribution in [1.29, 1.82) is 0 Å². The Balaban J connectivity index is 1.51. The van der Waals surface area contributed by atoms with Gasteiger partial charge in [0.05, 0.1) is 24.5 Å². The summed E-state index contributed by atoms with van der Waals surface area (Å²) in [5.41, 5.74) is 7.34. The standard InChI is InChI=1S/C30H33N3O2/c1-4-33(5-2)23-14-10-20(11-15-23)22-18-27-29(28(34)19-22)30(21-12-16-24(35-3)17-13-21)32-26-9-7-6-8-25(26)31-27/h6-17,22,30-32H,4-5,18-19H2,1-3H3. The molecule has 2 unspecified atom stereocenters. The molecule has 3 aromatic rings. The van der Waals surface area contributed by atoms with Gasteiger partial charge in [0.15, 0.2) is 5.78 Å². The van der Waals surface area contributed by atoms with Crippen LogP contribution in [0.2, 0.25) is 0 Å². The lowest BCUT2D eigenvalue weighted by atomic mass is 9.78. The number of ether oxygens (including phenoxy) is 1. The summed E-state index contributed by atoms with van der Waals surface area (Å²) in [6.45, 7) is 6.32. The Kier molecular flexibility index (Phi) is 6.49. The molecule has 0 spiro atoms. The molecule has 5 rings (SSSR count). The van der Waals surface area contributed by atoms with E-state index >= 15 is 0 Å². The van der Waals surface area contributed by atoms with Crippen LogP contribution in [0, 0.1) is 0 Å². The number of carbonyl (C=O) groups is 1. The summed E-state index contributed by atoms with van der Waals surface area (Å²) in [5.74, 6) is 1.15. The molecule has 1 aliphatic heterocycles. The molecule has 2 N–H and O–H groups in total. The zero-order valence-corrected chi connectivity index (χ0v) is 20.7. The lowest BCUT2D eigenvalue weighted by Crippen LogP contribution is -2.27. The molecule has 35 heavy (non-hydrogen) atoms. The molecule has 180 valence electrons. The van der Waals surface area contributed by atoms with Crippen molar-refractivity contribution in [1.82, 2.24) is 0 Å². The van der Waals surface area contributed by atoms with Gasteiger partial charge in [0.1, 0.15) is 5.75 Å². The van der Waals surface area contributed by atoms with Crippen LogP contribution in [0.15, 0.2) is 84.1 Å². The van der Waals surface area contributed by atoms with E-state index < -0.39 is 0 Å². The normalized spacial score (nSPS) is 19.1. The maximum absolute atomic E-state index is 13.7. The first-order chi connectivity index (χ1) is 17.1. The summed E-state index contributed by atoms with van der Waals surface area (Å²) in [5, 5.41) is 7.27. The molecule has 0 fully saturated rings. The van der Waals surface area contributed by atoms with Gasteiger partial charge in [-0.1, -0.05) is 36.4 Å². The summed E-state index contributed by atoms with van der Waals surface area (Å²) in [7, 11) is 1.67. The number of methoxy groups -OCH3 is 1. The van der Waals surface area contributed by atoms with Gasteiger partial charge < -0.3 is 20.3 Å². The van der Waals surface area contributed by atoms with Crippen molar-refractivity contribution in [3.8, 4) is 5.75 Å². The van der Waals surface area contributed by atoms with E-state index in [0.717, 1.165) is 53.5 Å². The van der Waals surface area contributed by atoms with Gasteiger partial charge in [0, 0.05) is 36.5 Å². The Morgan fingerprint density at radius 3 is 2.17 bits per heavy atom. The second-order valence-corrected chi connectivity index (χ2v) is 9.21. The number of rotatable bonds is 6. The third kappa shape index (κ3) is 4.51. The molecule has 2 aliphatic rings. The minimum absolute atomic E-state index is 0.154. The smallest absolute Gasteiger partial charge is 0.163 e. The minimum atomic E-state index is -0.217. The van der Waals surface area contributed by atoms with E-state index in [2.05, 4.69) is 65.8 Å². The minimum Gasteiger partial charge on any atom is -0.497 e. The second-order valence-electron chi connectivity index (χ2n) is 9.21. The molecule has 5 nitrogen and oxygen atoms in total. The molecule has 0 amide bonds. The molecule has 5 heteroatoms. The van der Waals surface area contributed by atoms with E-state index in [4.69, 9.17) is 4.74 Å². The van der Waals surface area contributed by atoms with E-state index in [-0.39, 0.29) is 17.7 Å². The first-order valence-electron chi connectivity index (χ1n) is 12.5. The molecule has 1 heterocycles. The number of hydrogen-bond donors (Lipinski definition) is 2. The first-order valence-corrected chi connectivity index (χ1v) is 12.5. The number of fused-ring (bicyclic) bond motifs is 1. The Labute approximate surface area is 207 Å². The van der Waals surface area contributed by atoms with Gasteiger partial charge in [0.2, 0.25) is 0 Å². The highest BCUT2D eigenvalue weighted by Crippen LogP contribution is 2.44. The van der Waals surface area contributed by atoms with E-state index in [9.17, 15) is 4.79 Å².